The van der Waals surface area contributed by atoms with Crippen molar-refractivity contribution in [2.75, 3.05) is 0 Å². The normalized spacial score (nSPS) is 10.9. The third-order valence-electron chi connectivity index (χ3n) is 3.12. The van der Waals surface area contributed by atoms with E-state index in [1.165, 1.54) is 10.6 Å². The van der Waals surface area contributed by atoms with Gasteiger partial charge in [-0.05, 0) is 26.0 Å². The first-order chi connectivity index (χ1) is 10.5. The van der Waals surface area contributed by atoms with E-state index in [0.717, 1.165) is 11.4 Å². The molecule has 0 aliphatic rings. The summed E-state index contributed by atoms with van der Waals surface area (Å²) < 4.78 is 20.0. The predicted molar refractivity (Wildman–Crippen MR) is 75.8 cm³/mol. The van der Waals surface area contributed by atoms with Crippen LogP contribution in [0.25, 0.3) is 5.78 Å². The molecule has 0 radical (unpaired) electrons. The Labute approximate surface area is 125 Å². The molecule has 0 saturated heterocycles. The Morgan fingerprint density at radius 1 is 1.27 bits per heavy atom. The molecule has 0 amide bonds. The monoisotopic (exact) mass is 300 g/mol. The maximum Gasteiger partial charge on any atom is 0.378 e. The summed E-state index contributed by atoms with van der Waals surface area (Å²) in [6.07, 6.45) is 0. The van der Waals surface area contributed by atoms with Crippen molar-refractivity contribution in [2.24, 2.45) is 0 Å². The highest BCUT2D eigenvalue weighted by Gasteiger charge is 2.17. The van der Waals surface area contributed by atoms with Gasteiger partial charge in [-0.2, -0.15) is 4.98 Å². The molecule has 6 nitrogen and oxygen atoms in total. The largest absolute Gasteiger partial charge is 0.455 e. The van der Waals surface area contributed by atoms with E-state index in [-0.39, 0.29) is 12.4 Å². The molecule has 2 heterocycles. The van der Waals surface area contributed by atoms with Gasteiger partial charge in [-0.15, -0.1) is 5.10 Å². The lowest BCUT2D eigenvalue weighted by Crippen LogP contribution is -2.08. The molecule has 0 N–H and O–H groups in total. The van der Waals surface area contributed by atoms with Gasteiger partial charge in [-0.3, -0.25) is 0 Å². The fourth-order valence-electron chi connectivity index (χ4n) is 2.08. The van der Waals surface area contributed by atoms with E-state index in [4.69, 9.17) is 4.74 Å². The van der Waals surface area contributed by atoms with Crippen LogP contribution in [0.4, 0.5) is 4.39 Å². The van der Waals surface area contributed by atoms with Crippen molar-refractivity contribution in [1.82, 2.24) is 19.6 Å². The second-order valence-electron chi connectivity index (χ2n) is 4.85. The number of nitrogens with zero attached hydrogens (tertiary/aromatic N) is 4. The van der Waals surface area contributed by atoms with E-state index in [1.807, 2.05) is 19.9 Å². The zero-order chi connectivity index (χ0) is 15.7. The van der Waals surface area contributed by atoms with Crippen LogP contribution in [0.15, 0.2) is 30.3 Å². The van der Waals surface area contributed by atoms with Crippen LogP contribution < -0.4 is 0 Å². The minimum absolute atomic E-state index is 0.0995. The number of benzene rings is 1. The summed E-state index contributed by atoms with van der Waals surface area (Å²) >= 11 is 0. The Morgan fingerprint density at radius 3 is 2.82 bits per heavy atom. The minimum atomic E-state index is -0.717. The number of aromatic nitrogens is 4. The average Bonchev–Trinajstić information content (AvgIpc) is 2.90. The van der Waals surface area contributed by atoms with Gasteiger partial charge in [0.15, 0.2) is 0 Å². The number of esters is 1. The first-order valence-corrected chi connectivity index (χ1v) is 6.66. The lowest BCUT2D eigenvalue weighted by molar-refractivity contribution is 0.0455. The summed E-state index contributed by atoms with van der Waals surface area (Å²) in [6, 6.07) is 7.93. The van der Waals surface area contributed by atoms with Crippen LogP contribution >= 0.6 is 0 Å². The fourth-order valence-corrected chi connectivity index (χ4v) is 2.08. The van der Waals surface area contributed by atoms with Gasteiger partial charge in [0, 0.05) is 17.0 Å². The van der Waals surface area contributed by atoms with Gasteiger partial charge in [0.05, 0.1) is 0 Å². The van der Waals surface area contributed by atoms with Gasteiger partial charge in [-0.25, -0.2) is 18.7 Å². The molecule has 0 spiro atoms. The van der Waals surface area contributed by atoms with E-state index < -0.39 is 11.8 Å². The molecular formula is C15H13FN4O2. The van der Waals surface area contributed by atoms with Gasteiger partial charge in [0.25, 0.3) is 11.6 Å². The van der Waals surface area contributed by atoms with Crippen LogP contribution in [0, 0.1) is 19.7 Å². The van der Waals surface area contributed by atoms with E-state index in [2.05, 4.69) is 15.1 Å². The second kappa shape index (κ2) is 5.51. The summed E-state index contributed by atoms with van der Waals surface area (Å²) in [4.78, 5) is 20.2. The van der Waals surface area contributed by atoms with Crippen LogP contribution in [0.1, 0.15) is 27.6 Å². The lowest BCUT2D eigenvalue weighted by atomic mass is 10.2. The SMILES string of the molecule is Cc1cc(C)n2nc(C(=O)OCc3ccccc3F)nc2n1. The Morgan fingerprint density at radius 2 is 2.05 bits per heavy atom. The summed E-state index contributed by atoms with van der Waals surface area (Å²) in [7, 11) is 0. The standard InChI is InChI=1S/C15H13FN4O2/c1-9-7-10(2)20-15(17-9)18-13(19-20)14(21)22-8-11-5-3-4-6-12(11)16/h3-7H,8H2,1-2H3. The second-order valence-corrected chi connectivity index (χ2v) is 4.85. The molecular weight excluding hydrogens is 287 g/mol. The number of carbonyl (C=O) groups excluding carboxylic acids is 1. The first-order valence-electron chi connectivity index (χ1n) is 6.66. The van der Waals surface area contributed by atoms with E-state index in [0.29, 0.717) is 11.3 Å². The molecule has 0 fully saturated rings. The van der Waals surface area contributed by atoms with Gasteiger partial charge in [0.2, 0.25) is 0 Å². The van der Waals surface area contributed by atoms with Crippen molar-refractivity contribution in [2.45, 2.75) is 20.5 Å². The molecule has 0 bridgehead atoms. The Balaban J connectivity index is 1.81. The van der Waals surface area contributed by atoms with Gasteiger partial charge < -0.3 is 4.74 Å². The Kier molecular flexibility index (Phi) is 3.54. The molecule has 3 aromatic rings. The highest BCUT2D eigenvalue weighted by Crippen LogP contribution is 2.10. The molecule has 0 aliphatic heterocycles. The Hall–Kier alpha value is -2.83. The third-order valence-corrected chi connectivity index (χ3v) is 3.12. The fraction of sp³-hybridized carbons (Fsp3) is 0.200. The van der Waals surface area contributed by atoms with Crippen molar-refractivity contribution in [3.8, 4) is 0 Å². The topological polar surface area (TPSA) is 69.4 Å². The number of fused-ring (bicyclic) bond motifs is 1. The molecule has 3 rings (SSSR count). The molecule has 22 heavy (non-hydrogen) atoms. The van der Waals surface area contributed by atoms with Crippen LogP contribution in [0.2, 0.25) is 0 Å². The number of hydrogen-bond donors (Lipinski definition) is 0. The number of ether oxygens (including phenoxy) is 1. The van der Waals surface area contributed by atoms with Crippen LogP contribution in [0.5, 0.6) is 0 Å². The molecule has 0 atom stereocenters. The summed E-state index contributed by atoms with van der Waals surface area (Å²) in [5, 5.41) is 4.06. The summed E-state index contributed by atoms with van der Waals surface area (Å²) in [6.45, 7) is 3.50. The molecule has 0 saturated carbocycles. The minimum Gasteiger partial charge on any atom is -0.455 e. The third kappa shape index (κ3) is 2.65. The molecule has 1 aromatic carbocycles. The average molecular weight is 300 g/mol. The zero-order valence-corrected chi connectivity index (χ0v) is 12.1. The number of carbonyl (C=O) groups is 1. The number of aryl methyl sites for hydroxylation is 2. The summed E-state index contributed by atoms with van der Waals surface area (Å²) in [5.74, 6) is -0.912. The number of halogens is 1. The lowest BCUT2D eigenvalue weighted by Gasteiger charge is -2.03. The van der Waals surface area contributed by atoms with Crippen LogP contribution in [-0.2, 0) is 11.3 Å². The van der Waals surface area contributed by atoms with E-state index in [9.17, 15) is 9.18 Å². The van der Waals surface area contributed by atoms with Crippen molar-refractivity contribution in [3.63, 3.8) is 0 Å². The van der Waals surface area contributed by atoms with E-state index in [1.54, 1.807) is 18.2 Å². The first kappa shape index (κ1) is 14.1. The van der Waals surface area contributed by atoms with Crippen molar-refractivity contribution < 1.29 is 13.9 Å². The maximum absolute atomic E-state index is 13.5. The number of rotatable bonds is 3. The molecule has 0 unspecified atom stereocenters. The summed E-state index contributed by atoms with van der Waals surface area (Å²) in [5.41, 5.74) is 1.89. The van der Waals surface area contributed by atoms with E-state index >= 15 is 0 Å². The number of hydrogen-bond acceptors (Lipinski definition) is 5. The van der Waals surface area contributed by atoms with Crippen LogP contribution in [0.3, 0.4) is 0 Å². The van der Waals surface area contributed by atoms with Crippen LogP contribution in [-0.4, -0.2) is 25.6 Å². The van der Waals surface area contributed by atoms with Gasteiger partial charge in [0.1, 0.15) is 12.4 Å². The molecule has 0 aliphatic carbocycles. The Bertz CT molecular complexity index is 860. The molecule has 2 aromatic heterocycles. The van der Waals surface area contributed by atoms with Gasteiger partial charge >= 0.3 is 5.97 Å². The van der Waals surface area contributed by atoms with Crippen molar-refractivity contribution in [1.29, 1.82) is 0 Å². The van der Waals surface area contributed by atoms with Crippen molar-refractivity contribution in [3.05, 3.63) is 58.9 Å². The smallest absolute Gasteiger partial charge is 0.378 e. The van der Waals surface area contributed by atoms with Crippen molar-refractivity contribution >= 4 is 11.7 Å². The quantitative estimate of drug-likeness (QED) is 0.694. The van der Waals surface area contributed by atoms with Gasteiger partial charge in [-0.1, -0.05) is 18.2 Å². The highest BCUT2D eigenvalue weighted by atomic mass is 19.1. The molecule has 7 heteroatoms. The maximum atomic E-state index is 13.5. The predicted octanol–water partition coefficient (Wildman–Crippen LogP) is 2.24. The highest BCUT2D eigenvalue weighted by molar-refractivity contribution is 5.85. The molecule has 112 valence electrons. The zero-order valence-electron chi connectivity index (χ0n) is 12.1.